The summed E-state index contributed by atoms with van der Waals surface area (Å²) in [6, 6.07) is 7.93. The molecule has 2 aromatic rings. The molecule has 1 aliphatic rings. The maximum absolute atomic E-state index is 9.45. The maximum Gasteiger partial charge on any atom is 0.137 e. The highest BCUT2D eigenvalue weighted by Gasteiger charge is 2.18. The van der Waals surface area contributed by atoms with Crippen LogP contribution in [0, 0.1) is 11.3 Å². The zero-order valence-corrected chi connectivity index (χ0v) is 16.9. The fraction of sp³-hybridized carbons (Fsp3) is 0.304. The molecular formula is C23H24N2OS. The number of rotatable bonds is 5. The first-order valence-electron chi connectivity index (χ1n) is 9.22. The first kappa shape index (κ1) is 19.1. The minimum absolute atomic E-state index is 0.0351. The zero-order chi connectivity index (χ0) is 19.4. The molecule has 1 aliphatic carbocycles. The average Bonchev–Trinajstić information content (AvgIpc) is 3.31. The molecule has 1 saturated carbocycles. The van der Waals surface area contributed by atoms with Gasteiger partial charge in [0.15, 0.2) is 0 Å². The third-order valence-corrected chi connectivity index (χ3v) is 5.78. The normalized spacial score (nSPS) is 17.2. The summed E-state index contributed by atoms with van der Waals surface area (Å²) in [4.78, 5) is 5.79. The fourth-order valence-corrected chi connectivity index (χ4v) is 4.30. The molecule has 3 nitrogen and oxygen atoms in total. The highest BCUT2D eigenvalue weighted by molar-refractivity contribution is 7.16. The van der Waals surface area contributed by atoms with Crippen LogP contribution in [0.15, 0.2) is 54.3 Å². The average molecular weight is 377 g/mol. The number of hydrogen-bond donors (Lipinski definition) is 0. The number of benzene rings is 1. The third kappa shape index (κ3) is 4.20. The summed E-state index contributed by atoms with van der Waals surface area (Å²) in [5.41, 5.74) is 5.59. The van der Waals surface area contributed by atoms with Gasteiger partial charge in [-0.05, 0) is 75.0 Å². The summed E-state index contributed by atoms with van der Waals surface area (Å²) in [6.45, 7) is 9.92. The first-order valence-corrected chi connectivity index (χ1v) is 10.0. The van der Waals surface area contributed by atoms with Crippen LogP contribution in [-0.4, -0.2) is 11.1 Å². The number of nitrogens with zero attached hydrogens (tertiary/aromatic N) is 2. The number of hydrogen-bond acceptors (Lipinski definition) is 4. The van der Waals surface area contributed by atoms with Crippen molar-refractivity contribution in [2.45, 2.75) is 46.1 Å². The van der Waals surface area contributed by atoms with E-state index in [1.807, 2.05) is 44.3 Å². The molecule has 0 unspecified atom stereocenters. The van der Waals surface area contributed by atoms with Gasteiger partial charge in [-0.15, -0.1) is 11.3 Å². The van der Waals surface area contributed by atoms with Crippen LogP contribution in [0.25, 0.3) is 16.1 Å². The zero-order valence-electron chi connectivity index (χ0n) is 16.1. The van der Waals surface area contributed by atoms with E-state index in [4.69, 9.17) is 4.74 Å². The maximum atomic E-state index is 9.45. The van der Waals surface area contributed by atoms with Gasteiger partial charge >= 0.3 is 0 Å². The molecule has 1 aromatic heterocycles. The fourth-order valence-electron chi connectivity index (χ4n) is 3.36. The van der Waals surface area contributed by atoms with Gasteiger partial charge in [-0.1, -0.05) is 18.7 Å². The van der Waals surface area contributed by atoms with E-state index < -0.39 is 0 Å². The molecule has 0 atom stereocenters. The molecule has 0 aliphatic heterocycles. The van der Waals surface area contributed by atoms with Gasteiger partial charge in [-0.25, -0.2) is 4.98 Å². The van der Waals surface area contributed by atoms with E-state index in [1.54, 1.807) is 11.3 Å². The first-order chi connectivity index (χ1) is 13.0. The number of aromatic nitrogens is 1. The van der Waals surface area contributed by atoms with E-state index in [2.05, 4.69) is 30.6 Å². The van der Waals surface area contributed by atoms with Crippen molar-refractivity contribution in [3.63, 3.8) is 0 Å². The van der Waals surface area contributed by atoms with E-state index in [0.29, 0.717) is 11.3 Å². The highest BCUT2D eigenvalue weighted by Crippen LogP contribution is 2.39. The number of allylic oxidation sites excluding steroid dienone is 5. The van der Waals surface area contributed by atoms with Gasteiger partial charge in [0, 0.05) is 11.8 Å². The van der Waals surface area contributed by atoms with Crippen LogP contribution < -0.4 is 4.74 Å². The second kappa shape index (κ2) is 8.37. The van der Waals surface area contributed by atoms with E-state index in [1.165, 1.54) is 28.0 Å². The van der Waals surface area contributed by atoms with Gasteiger partial charge in [-0.2, -0.15) is 5.26 Å². The second-order valence-electron chi connectivity index (χ2n) is 6.90. The lowest BCUT2D eigenvalue weighted by molar-refractivity contribution is 0.242. The SMILES string of the molecule is C=C/C=C1/CCC/C1=C(/C)c1cnc(-c2ccc(OC(C)C)c(C#N)c2)s1. The van der Waals surface area contributed by atoms with Gasteiger partial charge in [-0.3, -0.25) is 0 Å². The van der Waals surface area contributed by atoms with Gasteiger partial charge in [0.05, 0.1) is 16.5 Å². The van der Waals surface area contributed by atoms with Crippen molar-refractivity contribution in [2.75, 3.05) is 0 Å². The molecule has 0 amide bonds. The molecule has 1 aromatic carbocycles. The quantitative estimate of drug-likeness (QED) is 0.595. The Morgan fingerprint density at radius 2 is 2.19 bits per heavy atom. The Hall–Kier alpha value is -2.64. The van der Waals surface area contributed by atoms with Gasteiger partial charge in [0.25, 0.3) is 0 Å². The van der Waals surface area contributed by atoms with Crippen molar-refractivity contribution >= 4 is 16.9 Å². The van der Waals surface area contributed by atoms with Crippen LogP contribution in [0.2, 0.25) is 0 Å². The van der Waals surface area contributed by atoms with E-state index in [0.717, 1.165) is 23.4 Å². The Labute approximate surface area is 165 Å². The van der Waals surface area contributed by atoms with Crippen LogP contribution >= 0.6 is 11.3 Å². The summed E-state index contributed by atoms with van der Waals surface area (Å²) in [7, 11) is 0. The Bertz CT molecular complexity index is 957. The van der Waals surface area contributed by atoms with E-state index >= 15 is 0 Å². The van der Waals surface area contributed by atoms with Gasteiger partial charge in [0.2, 0.25) is 0 Å². The summed E-state index contributed by atoms with van der Waals surface area (Å²) in [5.74, 6) is 0.622. The standard InChI is InChI=1S/C23H24N2OS/c1-5-7-17-8-6-9-20(17)16(4)22-14-25-23(27-22)18-10-11-21(26-15(2)3)19(12-18)13-24/h5,7,10-12,14-15H,1,6,8-9H2,2-4H3/b17-7-,20-16+. The van der Waals surface area contributed by atoms with Crippen molar-refractivity contribution in [3.8, 4) is 22.4 Å². The van der Waals surface area contributed by atoms with Crippen molar-refractivity contribution in [3.05, 3.63) is 64.7 Å². The lowest BCUT2D eigenvalue weighted by atomic mass is 10.0. The van der Waals surface area contributed by atoms with E-state index in [-0.39, 0.29) is 6.10 Å². The molecule has 0 saturated heterocycles. The molecule has 0 radical (unpaired) electrons. The summed E-state index contributed by atoms with van der Waals surface area (Å²) in [6.07, 6.45) is 9.40. The van der Waals surface area contributed by atoms with Crippen molar-refractivity contribution in [2.24, 2.45) is 0 Å². The van der Waals surface area contributed by atoms with Crippen LogP contribution in [0.5, 0.6) is 5.75 Å². The van der Waals surface area contributed by atoms with Crippen molar-refractivity contribution < 1.29 is 4.74 Å². The monoisotopic (exact) mass is 376 g/mol. The molecule has 0 spiro atoms. The second-order valence-corrected chi connectivity index (χ2v) is 7.93. The van der Waals surface area contributed by atoms with Crippen LogP contribution in [-0.2, 0) is 0 Å². The molecule has 3 rings (SSSR count). The Kier molecular flexibility index (Phi) is 5.93. The highest BCUT2D eigenvalue weighted by atomic mass is 32.1. The van der Waals surface area contributed by atoms with Crippen molar-refractivity contribution in [1.82, 2.24) is 4.98 Å². The molecule has 0 N–H and O–H groups in total. The largest absolute Gasteiger partial charge is 0.490 e. The summed E-state index contributed by atoms with van der Waals surface area (Å²) >= 11 is 1.67. The molecule has 1 fully saturated rings. The summed E-state index contributed by atoms with van der Waals surface area (Å²) < 4.78 is 5.71. The number of nitriles is 1. The number of thiazole rings is 1. The minimum Gasteiger partial charge on any atom is -0.490 e. The smallest absolute Gasteiger partial charge is 0.137 e. The van der Waals surface area contributed by atoms with Gasteiger partial charge < -0.3 is 4.74 Å². The van der Waals surface area contributed by atoms with Crippen LogP contribution in [0.1, 0.15) is 50.5 Å². The lowest BCUT2D eigenvalue weighted by Gasteiger charge is -2.11. The third-order valence-electron chi connectivity index (χ3n) is 4.62. The predicted molar refractivity (Wildman–Crippen MR) is 113 cm³/mol. The molecule has 0 bridgehead atoms. The molecule has 138 valence electrons. The topological polar surface area (TPSA) is 45.9 Å². The van der Waals surface area contributed by atoms with Crippen LogP contribution in [0.3, 0.4) is 0 Å². The molecule has 4 heteroatoms. The number of ether oxygens (including phenoxy) is 1. The Morgan fingerprint density at radius 3 is 2.89 bits per heavy atom. The van der Waals surface area contributed by atoms with Crippen molar-refractivity contribution in [1.29, 1.82) is 5.26 Å². The Balaban J connectivity index is 1.93. The molecule has 27 heavy (non-hydrogen) atoms. The van der Waals surface area contributed by atoms with E-state index in [9.17, 15) is 5.26 Å². The summed E-state index contributed by atoms with van der Waals surface area (Å²) in [5, 5.41) is 10.4. The predicted octanol–water partition coefficient (Wildman–Crippen LogP) is 6.54. The Morgan fingerprint density at radius 1 is 1.37 bits per heavy atom. The lowest BCUT2D eigenvalue weighted by Crippen LogP contribution is -2.06. The minimum atomic E-state index is 0.0351. The van der Waals surface area contributed by atoms with Crippen LogP contribution in [0.4, 0.5) is 0 Å². The van der Waals surface area contributed by atoms with Gasteiger partial charge in [0.1, 0.15) is 16.8 Å². The molecule has 1 heterocycles. The molecular weight excluding hydrogens is 352 g/mol.